The molecule has 4 rings (SSSR count). The monoisotopic (exact) mass is 349 g/mol. The average molecular weight is 349 g/mol. The van der Waals surface area contributed by atoms with Crippen LogP contribution in [0.4, 0.5) is 5.82 Å². The molecule has 1 N–H and O–H groups in total. The third-order valence-electron chi connectivity index (χ3n) is 4.99. The maximum absolute atomic E-state index is 4.55. The number of likely N-dealkylation sites (N-methyl/N-ethyl adjacent to an activating group) is 1. The largest absolute Gasteiger partial charge is 0.356 e. The molecule has 0 saturated carbocycles. The zero-order valence-corrected chi connectivity index (χ0v) is 15.3. The lowest BCUT2D eigenvalue weighted by Gasteiger charge is -2.27. The van der Waals surface area contributed by atoms with Gasteiger partial charge in [-0.05, 0) is 19.5 Å². The van der Waals surface area contributed by atoms with Gasteiger partial charge in [0.05, 0.1) is 5.69 Å². The SMILES string of the molecule is Cc1nnc(C(Nc2ncnc3c2CN(C)CC3)c2ccccc2)n1C. The first-order chi connectivity index (χ1) is 12.6. The van der Waals surface area contributed by atoms with Crippen molar-refractivity contribution < 1.29 is 0 Å². The fourth-order valence-electron chi connectivity index (χ4n) is 3.35. The highest BCUT2D eigenvalue weighted by molar-refractivity contribution is 5.50. The van der Waals surface area contributed by atoms with Crippen LogP contribution in [0.2, 0.25) is 0 Å². The summed E-state index contributed by atoms with van der Waals surface area (Å²) in [5.74, 6) is 2.62. The van der Waals surface area contributed by atoms with E-state index in [2.05, 4.69) is 49.6 Å². The van der Waals surface area contributed by atoms with Crippen LogP contribution in [-0.2, 0) is 20.0 Å². The van der Waals surface area contributed by atoms with Crippen LogP contribution in [0.5, 0.6) is 0 Å². The molecule has 26 heavy (non-hydrogen) atoms. The molecule has 134 valence electrons. The van der Waals surface area contributed by atoms with E-state index in [9.17, 15) is 0 Å². The Morgan fingerprint density at radius 2 is 1.88 bits per heavy atom. The van der Waals surface area contributed by atoms with Crippen LogP contribution in [0.25, 0.3) is 0 Å². The number of nitrogens with one attached hydrogen (secondary N) is 1. The summed E-state index contributed by atoms with van der Waals surface area (Å²) in [5.41, 5.74) is 3.42. The summed E-state index contributed by atoms with van der Waals surface area (Å²) in [7, 11) is 4.12. The number of fused-ring (bicyclic) bond motifs is 1. The van der Waals surface area contributed by atoms with Gasteiger partial charge in [0.25, 0.3) is 0 Å². The quantitative estimate of drug-likeness (QED) is 0.778. The van der Waals surface area contributed by atoms with Gasteiger partial charge in [-0.2, -0.15) is 0 Å². The number of aromatic nitrogens is 5. The third kappa shape index (κ3) is 3.06. The summed E-state index contributed by atoms with van der Waals surface area (Å²) in [6, 6.07) is 10.2. The Hall–Kier alpha value is -2.80. The number of nitrogens with zero attached hydrogens (tertiary/aromatic N) is 6. The van der Waals surface area contributed by atoms with Gasteiger partial charge in [0.1, 0.15) is 24.0 Å². The van der Waals surface area contributed by atoms with Crippen molar-refractivity contribution in [1.82, 2.24) is 29.6 Å². The molecular weight excluding hydrogens is 326 g/mol. The van der Waals surface area contributed by atoms with Crippen LogP contribution in [-0.4, -0.2) is 43.2 Å². The van der Waals surface area contributed by atoms with Crippen molar-refractivity contribution in [2.75, 3.05) is 18.9 Å². The molecule has 0 saturated heterocycles. The first-order valence-electron chi connectivity index (χ1n) is 8.82. The maximum Gasteiger partial charge on any atom is 0.160 e. The highest BCUT2D eigenvalue weighted by Crippen LogP contribution is 2.29. The number of aryl methyl sites for hydroxylation is 1. The fraction of sp³-hybridized carbons (Fsp3) is 0.368. The normalized spacial score (nSPS) is 15.5. The molecule has 0 bridgehead atoms. The lowest BCUT2D eigenvalue weighted by Crippen LogP contribution is -2.29. The topological polar surface area (TPSA) is 71.8 Å². The van der Waals surface area contributed by atoms with Crippen LogP contribution in [0.1, 0.15) is 34.5 Å². The molecule has 0 spiro atoms. The second-order valence-corrected chi connectivity index (χ2v) is 6.79. The van der Waals surface area contributed by atoms with E-state index in [0.717, 1.165) is 48.2 Å². The molecule has 2 aromatic heterocycles. The highest BCUT2D eigenvalue weighted by Gasteiger charge is 2.24. The smallest absolute Gasteiger partial charge is 0.160 e. The van der Waals surface area contributed by atoms with Gasteiger partial charge in [-0.25, -0.2) is 9.97 Å². The highest BCUT2D eigenvalue weighted by atomic mass is 15.3. The molecule has 0 radical (unpaired) electrons. The van der Waals surface area contributed by atoms with E-state index in [0.29, 0.717) is 0 Å². The van der Waals surface area contributed by atoms with Crippen LogP contribution < -0.4 is 5.32 Å². The van der Waals surface area contributed by atoms with Crippen molar-refractivity contribution >= 4 is 5.82 Å². The Morgan fingerprint density at radius 1 is 1.08 bits per heavy atom. The summed E-state index contributed by atoms with van der Waals surface area (Å²) in [6.07, 6.45) is 2.60. The lowest BCUT2D eigenvalue weighted by molar-refractivity contribution is 0.309. The van der Waals surface area contributed by atoms with E-state index in [-0.39, 0.29) is 6.04 Å². The van der Waals surface area contributed by atoms with Gasteiger partial charge in [0, 0.05) is 32.1 Å². The zero-order valence-electron chi connectivity index (χ0n) is 15.3. The number of hydrogen-bond acceptors (Lipinski definition) is 6. The van der Waals surface area contributed by atoms with Crippen molar-refractivity contribution in [2.45, 2.75) is 25.9 Å². The Kier molecular flexibility index (Phi) is 4.38. The summed E-state index contributed by atoms with van der Waals surface area (Å²) >= 11 is 0. The Morgan fingerprint density at radius 3 is 2.62 bits per heavy atom. The Labute approximate surface area is 153 Å². The summed E-state index contributed by atoms with van der Waals surface area (Å²) < 4.78 is 2.02. The Bertz CT molecular complexity index is 904. The minimum atomic E-state index is -0.131. The van der Waals surface area contributed by atoms with Crippen molar-refractivity contribution in [3.63, 3.8) is 0 Å². The predicted molar refractivity (Wildman–Crippen MR) is 99.7 cm³/mol. The third-order valence-corrected chi connectivity index (χ3v) is 4.99. The minimum Gasteiger partial charge on any atom is -0.356 e. The van der Waals surface area contributed by atoms with Crippen LogP contribution in [0.3, 0.4) is 0 Å². The molecule has 3 aromatic rings. The summed E-state index contributed by atoms with van der Waals surface area (Å²) in [4.78, 5) is 11.3. The number of benzene rings is 1. The van der Waals surface area contributed by atoms with Crippen molar-refractivity contribution in [1.29, 1.82) is 0 Å². The molecule has 0 aliphatic carbocycles. The van der Waals surface area contributed by atoms with Gasteiger partial charge in [-0.3, -0.25) is 0 Å². The average Bonchev–Trinajstić information content (AvgIpc) is 2.99. The first-order valence-corrected chi connectivity index (χ1v) is 8.82. The molecule has 0 amide bonds. The maximum atomic E-state index is 4.55. The first kappa shape index (κ1) is 16.7. The molecule has 1 aromatic carbocycles. The standard InChI is InChI=1S/C19H23N7/c1-13-23-24-19(26(13)3)17(14-7-5-4-6-8-14)22-18-15-11-25(2)10-9-16(15)20-12-21-18/h4-8,12,17H,9-11H2,1-3H3,(H,20,21,22). The minimum absolute atomic E-state index is 0.131. The molecule has 7 nitrogen and oxygen atoms in total. The second-order valence-electron chi connectivity index (χ2n) is 6.79. The molecule has 1 atom stereocenters. The van der Waals surface area contributed by atoms with Gasteiger partial charge in [-0.1, -0.05) is 30.3 Å². The van der Waals surface area contributed by atoms with Crippen molar-refractivity contribution in [2.24, 2.45) is 7.05 Å². The van der Waals surface area contributed by atoms with Crippen molar-refractivity contribution in [3.8, 4) is 0 Å². The molecule has 1 unspecified atom stereocenters. The van der Waals surface area contributed by atoms with Crippen LogP contribution in [0, 0.1) is 6.92 Å². The van der Waals surface area contributed by atoms with Crippen LogP contribution >= 0.6 is 0 Å². The number of anilines is 1. The predicted octanol–water partition coefficient (Wildman–Crippen LogP) is 2.10. The molecular formula is C19H23N7. The number of hydrogen-bond donors (Lipinski definition) is 1. The summed E-state index contributed by atoms with van der Waals surface area (Å²) in [6.45, 7) is 3.83. The lowest BCUT2D eigenvalue weighted by atomic mass is 10.0. The molecule has 1 aliphatic heterocycles. The van der Waals surface area contributed by atoms with Gasteiger partial charge in [-0.15, -0.1) is 10.2 Å². The van der Waals surface area contributed by atoms with E-state index >= 15 is 0 Å². The second kappa shape index (κ2) is 6.84. The van der Waals surface area contributed by atoms with Gasteiger partial charge in [0.2, 0.25) is 0 Å². The molecule has 0 fully saturated rings. The molecule has 3 heterocycles. The van der Waals surface area contributed by atoms with E-state index in [1.165, 1.54) is 5.56 Å². The van der Waals surface area contributed by atoms with Crippen molar-refractivity contribution in [3.05, 3.63) is 65.1 Å². The van der Waals surface area contributed by atoms with Crippen LogP contribution in [0.15, 0.2) is 36.7 Å². The Balaban J connectivity index is 1.76. The van der Waals surface area contributed by atoms with E-state index in [4.69, 9.17) is 0 Å². The van der Waals surface area contributed by atoms with Gasteiger partial charge in [0.15, 0.2) is 5.82 Å². The van der Waals surface area contributed by atoms with E-state index < -0.39 is 0 Å². The van der Waals surface area contributed by atoms with Gasteiger partial charge >= 0.3 is 0 Å². The van der Waals surface area contributed by atoms with Gasteiger partial charge < -0.3 is 14.8 Å². The molecule has 7 heteroatoms. The number of rotatable bonds is 4. The summed E-state index contributed by atoms with van der Waals surface area (Å²) in [5, 5.41) is 12.3. The zero-order chi connectivity index (χ0) is 18.1. The van der Waals surface area contributed by atoms with E-state index in [1.54, 1.807) is 6.33 Å². The fourth-order valence-corrected chi connectivity index (χ4v) is 3.35. The molecule has 1 aliphatic rings. The van der Waals surface area contributed by atoms with E-state index in [1.807, 2.05) is 36.7 Å².